The summed E-state index contributed by atoms with van der Waals surface area (Å²) in [5, 5.41) is 6.71. The van der Waals surface area contributed by atoms with Gasteiger partial charge in [0.15, 0.2) is 9.34 Å². The summed E-state index contributed by atoms with van der Waals surface area (Å²) in [6.45, 7) is 7.19. The average molecular weight is 562 g/mol. The first-order valence-electron chi connectivity index (χ1n) is 12.0. The summed E-state index contributed by atoms with van der Waals surface area (Å²) in [5.74, 6) is 0.650. The molecule has 1 N–H and O–H groups in total. The summed E-state index contributed by atoms with van der Waals surface area (Å²) < 4.78 is 38.6. The lowest BCUT2D eigenvalue weighted by atomic mass is 10.2. The number of carbonyl (C=O) groups excluding carboxylic acids is 2. The molecule has 15 heteroatoms. The van der Waals surface area contributed by atoms with Crippen molar-refractivity contribution >= 4 is 44.2 Å². The van der Waals surface area contributed by atoms with E-state index in [1.54, 1.807) is 18.7 Å². The van der Waals surface area contributed by atoms with Crippen LogP contribution in [0.15, 0.2) is 33.0 Å². The van der Waals surface area contributed by atoms with Gasteiger partial charge in [0.1, 0.15) is 6.10 Å². The molecule has 38 heavy (non-hydrogen) atoms. The molecule has 5 rings (SSSR count). The third kappa shape index (κ3) is 5.41. The van der Waals surface area contributed by atoms with Crippen LogP contribution in [0.2, 0.25) is 0 Å². The topological polar surface area (TPSA) is 151 Å². The Labute approximate surface area is 223 Å². The van der Waals surface area contributed by atoms with Crippen molar-refractivity contribution in [2.75, 3.05) is 49.5 Å². The molecule has 2 fully saturated rings. The number of aromatic nitrogens is 3. The standard InChI is InChI=1S/C23H27N7O6S2/c1-14-21(37-22(24-14)25-15(2)31)38(33,34)29-10-8-28(9-11-29)12-19-13-30(23(32)35-19)18-6-4-17(5-7-18)20-26-16(3)36-27-20/h4-7,19H,8-13H2,1-3H3,(H,24,25,31). The van der Waals surface area contributed by atoms with Crippen LogP contribution in [0.1, 0.15) is 18.5 Å². The zero-order chi connectivity index (χ0) is 27.0. The summed E-state index contributed by atoms with van der Waals surface area (Å²) in [4.78, 5) is 35.9. The number of carbonyl (C=O) groups is 2. The van der Waals surface area contributed by atoms with Gasteiger partial charge in [0.2, 0.25) is 17.6 Å². The molecular weight excluding hydrogens is 534 g/mol. The lowest BCUT2D eigenvalue weighted by Crippen LogP contribution is -2.50. The number of nitrogens with zero attached hydrogens (tertiary/aromatic N) is 6. The van der Waals surface area contributed by atoms with Crippen molar-refractivity contribution in [2.45, 2.75) is 31.1 Å². The number of piperazine rings is 1. The molecule has 202 valence electrons. The molecule has 2 aliphatic heterocycles. The van der Waals surface area contributed by atoms with Gasteiger partial charge in [-0.05, 0) is 31.2 Å². The van der Waals surface area contributed by atoms with Gasteiger partial charge in [0.25, 0.3) is 10.0 Å². The Bertz CT molecular complexity index is 1440. The first-order valence-corrected chi connectivity index (χ1v) is 14.2. The van der Waals surface area contributed by atoms with Crippen molar-refractivity contribution in [1.29, 1.82) is 0 Å². The number of hydrogen-bond donors (Lipinski definition) is 1. The fourth-order valence-electron chi connectivity index (χ4n) is 4.42. The molecule has 0 bridgehead atoms. The van der Waals surface area contributed by atoms with Gasteiger partial charge >= 0.3 is 6.09 Å². The lowest BCUT2D eigenvalue weighted by molar-refractivity contribution is -0.114. The summed E-state index contributed by atoms with van der Waals surface area (Å²) >= 11 is 0.953. The number of thiazole rings is 1. The molecule has 1 aromatic carbocycles. The minimum absolute atomic E-state index is 0.135. The molecule has 0 saturated carbocycles. The molecule has 0 radical (unpaired) electrons. The van der Waals surface area contributed by atoms with Crippen LogP contribution in [0.25, 0.3) is 11.4 Å². The Balaban J connectivity index is 1.16. The van der Waals surface area contributed by atoms with Gasteiger partial charge in [-0.25, -0.2) is 18.2 Å². The molecule has 2 saturated heterocycles. The maximum Gasteiger partial charge on any atom is 0.414 e. The number of anilines is 2. The smallest absolute Gasteiger partial charge is 0.414 e. The second kappa shape index (κ2) is 10.4. The molecule has 2 aromatic heterocycles. The largest absolute Gasteiger partial charge is 0.443 e. The number of rotatable bonds is 7. The molecular formula is C23H27N7O6S2. The molecule has 2 amide bonds. The number of aryl methyl sites for hydroxylation is 2. The molecule has 0 aliphatic carbocycles. The van der Waals surface area contributed by atoms with E-state index in [0.29, 0.717) is 62.4 Å². The molecule has 1 unspecified atom stereocenters. The second-order valence-electron chi connectivity index (χ2n) is 9.08. The van der Waals surface area contributed by atoms with Crippen molar-refractivity contribution < 1.29 is 27.3 Å². The Hall–Kier alpha value is -3.40. The van der Waals surface area contributed by atoms with Gasteiger partial charge in [-0.15, -0.1) is 0 Å². The number of hydrogen-bond acceptors (Lipinski definition) is 11. The summed E-state index contributed by atoms with van der Waals surface area (Å²) in [7, 11) is -3.73. The maximum atomic E-state index is 13.2. The second-order valence-corrected chi connectivity index (χ2v) is 12.2. The zero-order valence-electron chi connectivity index (χ0n) is 21.1. The third-order valence-electron chi connectivity index (χ3n) is 6.24. The van der Waals surface area contributed by atoms with Crippen LogP contribution < -0.4 is 10.2 Å². The van der Waals surface area contributed by atoms with Crippen LogP contribution >= 0.6 is 11.3 Å². The first kappa shape index (κ1) is 26.2. The quantitative estimate of drug-likeness (QED) is 0.454. The van der Waals surface area contributed by atoms with E-state index >= 15 is 0 Å². The van der Waals surface area contributed by atoms with Crippen molar-refractivity contribution in [1.82, 2.24) is 24.3 Å². The van der Waals surface area contributed by atoms with Gasteiger partial charge in [0, 0.05) is 57.8 Å². The highest BCUT2D eigenvalue weighted by Gasteiger charge is 2.36. The minimum Gasteiger partial charge on any atom is -0.443 e. The van der Waals surface area contributed by atoms with Gasteiger partial charge in [0.05, 0.1) is 12.2 Å². The van der Waals surface area contributed by atoms with Crippen molar-refractivity contribution in [3.8, 4) is 11.4 Å². The Morgan fingerprint density at radius 3 is 2.47 bits per heavy atom. The molecule has 13 nitrogen and oxygen atoms in total. The summed E-state index contributed by atoms with van der Waals surface area (Å²) in [6.07, 6.45) is -0.760. The summed E-state index contributed by atoms with van der Waals surface area (Å²) in [6, 6.07) is 7.27. The first-order chi connectivity index (χ1) is 18.1. The van der Waals surface area contributed by atoms with E-state index in [-0.39, 0.29) is 21.4 Å². The number of nitrogens with one attached hydrogen (secondary N) is 1. The predicted molar refractivity (Wildman–Crippen MR) is 138 cm³/mol. The van der Waals surface area contributed by atoms with Crippen LogP contribution in [-0.4, -0.2) is 90.1 Å². The highest BCUT2D eigenvalue weighted by Crippen LogP contribution is 2.31. The van der Waals surface area contributed by atoms with E-state index < -0.39 is 16.1 Å². The maximum absolute atomic E-state index is 13.2. The van der Waals surface area contributed by atoms with E-state index in [1.807, 2.05) is 24.3 Å². The zero-order valence-corrected chi connectivity index (χ0v) is 22.7. The van der Waals surface area contributed by atoms with Crippen LogP contribution in [0.4, 0.5) is 15.6 Å². The van der Waals surface area contributed by atoms with Crippen molar-refractivity contribution in [2.24, 2.45) is 0 Å². The van der Waals surface area contributed by atoms with Gasteiger partial charge in [-0.2, -0.15) is 9.29 Å². The monoisotopic (exact) mass is 561 g/mol. The van der Waals surface area contributed by atoms with E-state index in [0.717, 1.165) is 16.9 Å². The third-order valence-corrected chi connectivity index (χ3v) is 9.80. The Morgan fingerprint density at radius 2 is 1.84 bits per heavy atom. The Kier molecular flexibility index (Phi) is 7.17. The van der Waals surface area contributed by atoms with Crippen molar-refractivity contribution in [3.63, 3.8) is 0 Å². The predicted octanol–water partition coefficient (Wildman–Crippen LogP) is 2.10. The van der Waals surface area contributed by atoms with E-state index in [4.69, 9.17) is 9.26 Å². The minimum atomic E-state index is -3.73. The number of ether oxygens (including phenoxy) is 1. The van der Waals surface area contributed by atoms with Gasteiger partial charge in [-0.3, -0.25) is 14.6 Å². The normalized spacial score (nSPS) is 19.1. The number of amides is 2. The van der Waals surface area contributed by atoms with Crippen LogP contribution in [-0.2, 0) is 19.6 Å². The molecule has 2 aliphatic rings. The highest BCUT2D eigenvalue weighted by molar-refractivity contribution is 7.91. The van der Waals surface area contributed by atoms with E-state index in [9.17, 15) is 18.0 Å². The van der Waals surface area contributed by atoms with Crippen LogP contribution in [0.3, 0.4) is 0 Å². The molecule has 1 atom stereocenters. The number of cyclic esters (lactones) is 1. The van der Waals surface area contributed by atoms with E-state index in [2.05, 4.69) is 25.3 Å². The van der Waals surface area contributed by atoms with Gasteiger partial charge < -0.3 is 14.6 Å². The summed E-state index contributed by atoms with van der Waals surface area (Å²) in [5.41, 5.74) is 1.85. The fourth-order valence-corrected chi connectivity index (χ4v) is 7.44. The van der Waals surface area contributed by atoms with Crippen molar-refractivity contribution in [3.05, 3.63) is 35.9 Å². The van der Waals surface area contributed by atoms with Gasteiger partial charge in [-0.1, -0.05) is 16.5 Å². The van der Waals surface area contributed by atoms with Crippen LogP contribution in [0, 0.1) is 13.8 Å². The van der Waals surface area contributed by atoms with Crippen LogP contribution in [0.5, 0.6) is 0 Å². The fraction of sp³-hybridized carbons (Fsp3) is 0.435. The van der Waals surface area contributed by atoms with E-state index in [1.165, 1.54) is 11.2 Å². The SMILES string of the molecule is CC(=O)Nc1nc(C)c(S(=O)(=O)N2CCN(CC3CN(c4ccc(-c5noc(C)n5)cc4)C(=O)O3)CC2)s1. The lowest BCUT2D eigenvalue weighted by Gasteiger charge is -2.34. The number of sulfonamides is 1. The average Bonchev–Trinajstić information content (AvgIpc) is 3.57. The number of benzene rings is 1. The molecule has 0 spiro atoms. The molecule has 3 aromatic rings. The molecule has 4 heterocycles. The highest BCUT2D eigenvalue weighted by atomic mass is 32.2. The Morgan fingerprint density at radius 1 is 1.13 bits per heavy atom.